The van der Waals surface area contributed by atoms with Crippen molar-refractivity contribution >= 4 is 11.8 Å². The number of Topliss-reactive ketones (excluding diaryl/α,β-unsaturated/α-hetero) is 1. The summed E-state index contributed by atoms with van der Waals surface area (Å²) in [6.45, 7) is 1.92. The molecule has 0 spiro atoms. The van der Waals surface area contributed by atoms with E-state index < -0.39 is 11.8 Å². The number of carboxylic acid groups (broad SMARTS) is 1. The van der Waals surface area contributed by atoms with E-state index in [-0.39, 0.29) is 36.0 Å². The molecule has 0 fully saturated rings. The van der Waals surface area contributed by atoms with Crippen molar-refractivity contribution < 1.29 is 44.3 Å². The van der Waals surface area contributed by atoms with Crippen LogP contribution >= 0.6 is 0 Å². The summed E-state index contributed by atoms with van der Waals surface area (Å²) in [7, 11) is 0. The van der Waals surface area contributed by atoms with Crippen molar-refractivity contribution in [2.75, 3.05) is 0 Å². The van der Waals surface area contributed by atoms with Crippen LogP contribution in [0.5, 0.6) is 0 Å². The van der Waals surface area contributed by atoms with E-state index in [9.17, 15) is 14.7 Å². The molecule has 1 aromatic rings. The maximum atomic E-state index is 10.7. The van der Waals surface area contributed by atoms with Crippen LogP contribution in [0.25, 0.3) is 0 Å². The first-order valence-corrected chi connectivity index (χ1v) is 3.89. The molecule has 1 aromatic carbocycles. The van der Waals surface area contributed by atoms with Crippen LogP contribution in [0.1, 0.15) is 11.1 Å². The minimum Gasteiger partial charge on any atom is -0.542 e. The predicted molar refractivity (Wildman–Crippen MR) is 44.9 cm³/mol. The van der Waals surface area contributed by atoms with E-state index in [1.807, 2.05) is 19.1 Å². The normalized spacial score (nSPS) is 8.93. The van der Waals surface area contributed by atoms with Crippen molar-refractivity contribution in [3.8, 4) is 0 Å². The molecule has 0 saturated heterocycles. The Morgan fingerprint density at radius 2 is 1.71 bits per heavy atom. The average molecular weight is 200 g/mol. The number of aliphatic carboxylic acids is 1. The number of ketones is 1. The van der Waals surface area contributed by atoms with Gasteiger partial charge in [-0.2, -0.15) is 0 Å². The van der Waals surface area contributed by atoms with Gasteiger partial charge in [0, 0.05) is 6.42 Å². The Morgan fingerprint density at radius 1 is 1.21 bits per heavy atom. The summed E-state index contributed by atoms with van der Waals surface area (Å²) in [6, 6.07) is 7.13. The van der Waals surface area contributed by atoms with Crippen molar-refractivity contribution in [2.24, 2.45) is 0 Å². The van der Waals surface area contributed by atoms with Gasteiger partial charge < -0.3 is 9.90 Å². The van der Waals surface area contributed by atoms with Gasteiger partial charge in [0.15, 0.2) is 5.78 Å². The van der Waals surface area contributed by atoms with Crippen LogP contribution in [0.15, 0.2) is 24.3 Å². The van der Waals surface area contributed by atoms with E-state index >= 15 is 0 Å². The van der Waals surface area contributed by atoms with Gasteiger partial charge in [0.25, 0.3) is 0 Å². The Bertz CT molecular complexity index is 330. The summed E-state index contributed by atoms with van der Waals surface area (Å²) in [5, 5.41) is 10.1. The number of aryl methyl sites for hydroxylation is 1. The fraction of sp³-hybridized carbons (Fsp3) is 0.200. The zero-order valence-electron chi connectivity index (χ0n) is 8.24. The molecule has 0 aromatic heterocycles. The molecule has 3 nitrogen and oxygen atoms in total. The molecule has 0 aliphatic carbocycles. The fourth-order valence-electron chi connectivity index (χ4n) is 0.963. The second-order valence-electron chi connectivity index (χ2n) is 2.87. The molecule has 0 N–H and O–H groups in total. The van der Waals surface area contributed by atoms with Gasteiger partial charge in [-0.05, 0) is 12.5 Å². The van der Waals surface area contributed by atoms with Crippen LogP contribution in [-0.4, -0.2) is 11.8 Å². The number of carbonyl (C=O) groups is 2. The van der Waals surface area contributed by atoms with E-state index in [1.165, 1.54) is 0 Å². The van der Waals surface area contributed by atoms with Crippen molar-refractivity contribution in [1.82, 2.24) is 0 Å². The largest absolute Gasteiger partial charge is 1.00 e. The minimum absolute atomic E-state index is 0. The first-order valence-electron chi connectivity index (χ1n) is 3.89. The summed E-state index contributed by atoms with van der Waals surface area (Å²) in [5.41, 5.74) is 1.77. The molecule has 0 saturated carbocycles. The third-order valence-corrected chi connectivity index (χ3v) is 1.71. The number of carboxylic acids is 1. The van der Waals surface area contributed by atoms with Crippen molar-refractivity contribution in [3.05, 3.63) is 35.4 Å². The predicted octanol–water partition coefficient (Wildman–Crippen LogP) is -3.14. The fourth-order valence-corrected chi connectivity index (χ4v) is 0.963. The summed E-state index contributed by atoms with van der Waals surface area (Å²) in [5.74, 6) is -2.51. The Balaban J connectivity index is 0.00000169. The summed E-state index contributed by atoms with van der Waals surface area (Å²) in [4.78, 5) is 20.8. The molecule has 0 atom stereocenters. The molecule has 4 heteroatoms. The van der Waals surface area contributed by atoms with Crippen molar-refractivity contribution in [1.29, 1.82) is 0 Å². The second kappa shape index (κ2) is 5.96. The zero-order chi connectivity index (χ0) is 9.84. The van der Waals surface area contributed by atoms with Crippen LogP contribution in [-0.2, 0) is 16.0 Å². The van der Waals surface area contributed by atoms with E-state index in [0.717, 1.165) is 5.56 Å². The summed E-state index contributed by atoms with van der Waals surface area (Å²) >= 11 is 0. The molecule has 0 amide bonds. The molecular weight excluding hydrogens is 191 g/mol. The number of carbonyl (C=O) groups excluding carboxylic acids is 2. The number of hydrogen-bond donors (Lipinski definition) is 0. The van der Waals surface area contributed by atoms with Gasteiger partial charge in [-0.25, -0.2) is 0 Å². The minimum atomic E-state index is -1.62. The Morgan fingerprint density at radius 3 is 2.14 bits per heavy atom. The number of rotatable bonds is 3. The van der Waals surface area contributed by atoms with Crippen LogP contribution in [0.3, 0.4) is 0 Å². The maximum absolute atomic E-state index is 10.7. The van der Waals surface area contributed by atoms with Crippen LogP contribution in [0.2, 0.25) is 0 Å². The first-order chi connectivity index (χ1) is 6.09. The van der Waals surface area contributed by atoms with Crippen molar-refractivity contribution in [2.45, 2.75) is 13.3 Å². The van der Waals surface area contributed by atoms with Gasteiger partial charge in [0.2, 0.25) is 0 Å². The second-order valence-corrected chi connectivity index (χ2v) is 2.87. The van der Waals surface area contributed by atoms with Crippen LogP contribution in [0, 0.1) is 6.92 Å². The van der Waals surface area contributed by atoms with Gasteiger partial charge in [0.05, 0.1) is 0 Å². The van der Waals surface area contributed by atoms with Gasteiger partial charge in [-0.1, -0.05) is 29.8 Å². The van der Waals surface area contributed by atoms with Gasteiger partial charge in [0.1, 0.15) is 5.97 Å². The Labute approximate surface area is 104 Å². The third-order valence-electron chi connectivity index (χ3n) is 1.71. The molecule has 68 valence electrons. The monoisotopic (exact) mass is 200 g/mol. The smallest absolute Gasteiger partial charge is 0.542 e. The molecule has 0 aliphatic rings. The molecule has 0 aliphatic heterocycles. The average Bonchev–Trinajstić information content (AvgIpc) is 2.08. The molecule has 1 rings (SSSR count). The van der Waals surface area contributed by atoms with Gasteiger partial charge in [-0.15, -0.1) is 0 Å². The van der Waals surface area contributed by atoms with Gasteiger partial charge >= 0.3 is 29.6 Å². The number of benzene rings is 1. The van der Waals surface area contributed by atoms with Crippen molar-refractivity contribution in [3.63, 3.8) is 0 Å². The summed E-state index contributed by atoms with van der Waals surface area (Å²) < 4.78 is 0. The van der Waals surface area contributed by atoms with E-state index in [0.29, 0.717) is 5.56 Å². The Kier molecular flexibility index (Phi) is 5.69. The van der Waals surface area contributed by atoms with Crippen LogP contribution < -0.4 is 34.7 Å². The first kappa shape index (κ1) is 13.4. The Hall–Kier alpha value is -0.640. The van der Waals surface area contributed by atoms with Crippen LogP contribution in [0.4, 0.5) is 0 Å². The SMILES string of the molecule is Cc1ccc(CC(=O)C(=O)[O-])cc1.[Na+]. The molecule has 0 radical (unpaired) electrons. The molecule has 14 heavy (non-hydrogen) atoms. The van der Waals surface area contributed by atoms with E-state index in [1.54, 1.807) is 12.1 Å². The van der Waals surface area contributed by atoms with Gasteiger partial charge in [-0.3, -0.25) is 4.79 Å². The summed E-state index contributed by atoms with van der Waals surface area (Å²) in [6.07, 6.45) is -0.0946. The third kappa shape index (κ3) is 4.05. The quantitative estimate of drug-likeness (QED) is 0.383. The standard InChI is InChI=1S/C10H10O3.Na/c1-7-2-4-8(5-3-7)6-9(11)10(12)13;/h2-5H,6H2,1H3,(H,12,13);/q;+1/p-1. The molecular formula is C10H9NaO3. The molecule has 0 heterocycles. The van der Waals surface area contributed by atoms with E-state index in [2.05, 4.69) is 0 Å². The maximum Gasteiger partial charge on any atom is 1.00 e. The zero-order valence-corrected chi connectivity index (χ0v) is 10.2. The molecule has 0 bridgehead atoms. The number of hydrogen-bond acceptors (Lipinski definition) is 3. The van der Waals surface area contributed by atoms with E-state index in [4.69, 9.17) is 0 Å². The topological polar surface area (TPSA) is 57.2 Å². The molecule has 0 unspecified atom stereocenters.